The first-order valence-corrected chi connectivity index (χ1v) is 10.5. The Morgan fingerprint density at radius 3 is 2.68 bits per heavy atom. The van der Waals surface area contributed by atoms with E-state index in [1.54, 1.807) is 7.11 Å². The minimum atomic E-state index is -0.446. The number of carbonyl (C=O) groups is 2. The quantitative estimate of drug-likeness (QED) is 0.716. The van der Waals surface area contributed by atoms with Gasteiger partial charge in [0.05, 0.1) is 19.2 Å². The molecule has 0 aliphatic heterocycles. The van der Waals surface area contributed by atoms with E-state index in [4.69, 9.17) is 9.47 Å². The molecule has 2 aromatic rings. The average Bonchev–Trinajstić information content (AvgIpc) is 3.16. The Balaban J connectivity index is 1.45. The molecule has 1 aromatic carbocycles. The minimum absolute atomic E-state index is 0.0553. The Labute approximate surface area is 169 Å². The second-order valence-electron chi connectivity index (χ2n) is 7.15. The molecule has 1 N–H and O–H groups in total. The average molecular weight is 403 g/mol. The summed E-state index contributed by atoms with van der Waals surface area (Å²) in [5, 5.41) is 5.65. The summed E-state index contributed by atoms with van der Waals surface area (Å²) in [4.78, 5) is 28.6. The second kappa shape index (κ2) is 9.68. The third-order valence-electron chi connectivity index (χ3n) is 5.04. The zero-order valence-electron chi connectivity index (χ0n) is 16.3. The molecule has 3 rings (SSSR count). The van der Waals surface area contributed by atoms with Crippen LogP contribution in [0.15, 0.2) is 29.6 Å². The highest BCUT2D eigenvalue weighted by atomic mass is 32.1. The number of hydrogen-bond acceptors (Lipinski definition) is 6. The number of amides is 1. The Kier molecular flexibility index (Phi) is 7.03. The van der Waals surface area contributed by atoms with Crippen molar-refractivity contribution < 1.29 is 19.1 Å². The molecular formula is C21H26N2O4S. The third kappa shape index (κ3) is 5.55. The smallest absolute Gasteiger partial charge is 0.312 e. The highest BCUT2D eigenvalue weighted by molar-refractivity contribution is 7.13. The van der Waals surface area contributed by atoms with Gasteiger partial charge in [-0.05, 0) is 43.0 Å². The van der Waals surface area contributed by atoms with Gasteiger partial charge in [-0.2, -0.15) is 0 Å². The highest BCUT2D eigenvalue weighted by Gasteiger charge is 2.23. The predicted molar refractivity (Wildman–Crippen MR) is 108 cm³/mol. The first kappa shape index (κ1) is 20.3. The van der Waals surface area contributed by atoms with E-state index in [0.29, 0.717) is 11.6 Å². The zero-order valence-corrected chi connectivity index (χ0v) is 17.1. The number of benzene rings is 1. The van der Waals surface area contributed by atoms with Crippen LogP contribution in [0, 0.1) is 5.92 Å². The molecule has 0 unspecified atom stereocenters. The van der Waals surface area contributed by atoms with E-state index < -0.39 is 5.97 Å². The van der Waals surface area contributed by atoms with Crippen LogP contribution in [0.5, 0.6) is 5.75 Å². The van der Waals surface area contributed by atoms with Crippen LogP contribution in [0.3, 0.4) is 0 Å². The van der Waals surface area contributed by atoms with Crippen molar-refractivity contribution in [2.75, 3.05) is 13.7 Å². The van der Waals surface area contributed by atoms with Crippen LogP contribution in [-0.2, 0) is 20.7 Å². The fourth-order valence-corrected chi connectivity index (χ4v) is 4.20. The van der Waals surface area contributed by atoms with Crippen LogP contribution in [0.4, 0.5) is 0 Å². The largest absolute Gasteiger partial charge is 0.497 e. The molecule has 0 saturated heterocycles. The lowest BCUT2D eigenvalue weighted by Gasteiger charge is -2.29. The monoisotopic (exact) mass is 402 g/mol. The Morgan fingerprint density at radius 2 is 1.96 bits per heavy atom. The van der Waals surface area contributed by atoms with Gasteiger partial charge in [0.25, 0.3) is 5.91 Å². The molecule has 1 aliphatic rings. The molecule has 1 fully saturated rings. The predicted octanol–water partition coefficient (Wildman–Crippen LogP) is 3.60. The number of methoxy groups -OCH3 is 1. The van der Waals surface area contributed by atoms with E-state index in [1.165, 1.54) is 17.8 Å². The number of nitrogens with one attached hydrogen (secondary N) is 1. The first-order valence-electron chi connectivity index (χ1n) is 9.59. The number of aromatic nitrogens is 1. The van der Waals surface area contributed by atoms with Gasteiger partial charge in [0.2, 0.25) is 0 Å². The van der Waals surface area contributed by atoms with Crippen molar-refractivity contribution >= 4 is 23.2 Å². The molecule has 0 bridgehead atoms. The first-order chi connectivity index (χ1) is 13.5. The van der Waals surface area contributed by atoms with E-state index in [2.05, 4.69) is 17.2 Å². The summed E-state index contributed by atoms with van der Waals surface area (Å²) >= 11 is 1.47. The van der Waals surface area contributed by atoms with Gasteiger partial charge in [-0.15, -0.1) is 11.3 Å². The molecule has 150 valence electrons. The number of thiazole rings is 1. The van der Waals surface area contributed by atoms with Crippen molar-refractivity contribution in [2.45, 2.75) is 45.1 Å². The molecule has 0 radical (unpaired) electrons. The van der Waals surface area contributed by atoms with Crippen molar-refractivity contribution in [1.29, 1.82) is 0 Å². The highest BCUT2D eigenvalue weighted by Crippen LogP contribution is 2.26. The van der Waals surface area contributed by atoms with E-state index in [0.717, 1.165) is 35.6 Å². The lowest BCUT2D eigenvalue weighted by Crippen LogP contribution is -2.42. The Morgan fingerprint density at radius 1 is 1.21 bits per heavy atom. The molecule has 6 nitrogen and oxygen atoms in total. The van der Waals surface area contributed by atoms with E-state index in [1.807, 2.05) is 29.6 Å². The molecule has 1 aromatic heterocycles. The van der Waals surface area contributed by atoms with Crippen LogP contribution in [0.2, 0.25) is 0 Å². The lowest BCUT2D eigenvalue weighted by molar-refractivity contribution is -0.148. The summed E-state index contributed by atoms with van der Waals surface area (Å²) < 4.78 is 10.3. The maximum Gasteiger partial charge on any atom is 0.312 e. The van der Waals surface area contributed by atoms with Gasteiger partial charge in [0.1, 0.15) is 10.8 Å². The van der Waals surface area contributed by atoms with E-state index >= 15 is 0 Å². The van der Waals surface area contributed by atoms with Gasteiger partial charge in [-0.25, -0.2) is 4.98 Å². The maximum absolute atomic E-state index is 12.0. The van der Waals surface area contributed by atoms with Crippen LogP contribution >= 0.6 is 11.3 Å². The normalized spacial score (nSPS) is 19.1. The van der Waals surface area contributed by atoms with Crippen LogP contribution in [0.25, 0.3) is 10.6 Å². The third-order valence-corrected chi connectivity index (χ3v) is 5.98. The molecule has 0 spiro atoms. The topological polar surface area (TPSA) is 77.5 Å². The number of hydrogen-bond donors (Lipinski definition) is 1. The SMILES string of the molecule is COc1ccc(-c2nc(CC(=O)OCC(=O)N[C@@H]3CCCC[C@@H]3C)cs2)cc1. The van der Waals surface area contributed by atoms with Gasteiger partial charge in [-0.3, -0.25) is 9.59 Å². The number of ether oxygens (including phenoxy) is 2. The lowest BCUT2D eigenvalue weighted by atomic mass is 9.86. The van der Waals surface area contributed by atoms with Crippen LogP contribution in [-0.4, -0.2) is 36.6 Å². The summed E-state index contributed by atoms with van der Waals surface area (Å²) in [7, 11) is 1.62. The molecule has 7 heteroatoms. The summed E-state index contributed by atoms with van der Waals surface area (Å²) in [5.41, 5.74) is 1.61. The fraction of sp³-hybridized carbons (Fsp3) is 0.476. The summed E-state index contributed by atoms with van der Waals surface area (Å²) in [5.74, 6) is 0.576. The summed E-state index contributed by atoms with van der Waals surface area (Å²) in [6.07, 6.45) is 4.53. The molecule has 1 amide bonds. The van der Waals surface area contributed by atoms with E-state index in [-0.39, 0.29) is 25.0 Å². The van der Waals surface area contributed by atoms with Gasteiger partial charge in [-0.1, -0.05) is 19.8 Å². The van der Waals surface area contributed by atoms with Gasteiger partial charge < -0.3 is 14.8 Å². The van der Waals surface area contributed by atoms with Crippen molar-refractivity contribution in [2.24, 2.45) is 5.92 Å². The number of rotatable bonds is 7. The van der Waals surface area contributed by atoms with E-state index in [9.17, 15) is 9.59 Å². The van der Waals surface area contributed by atoms with Gasteiger partial charge in [0, 0.05) is 17.0 Å². The van der Waals surface area contributed by atoms with Crippen molar-refractivity contribution in [1.82, 2.24) is 10.3 Å². The molecule has 1 aliphatic carbocycles. The summed E-state index contributed by atoms with van der Waals surface area (Å²) in [6, 6.07) is 7.78. The number of esters is 1. The molecule has 2 atom stereocenters. The van der Waals surface area contributed by atoms with Crippen LogP contribution in [0.1, 0.15) is 38.3 Å². The molecule has 1 saturated carbocycles. The zero-order chi connectivity index (χ0) is 19.9. The number of nitrogens with zero attached hydrogens (tertiary/aromatic N) is 1. The second-order valence-corrected chi connectivity index (χ2v) is 8.00. The van der Waals surface area contributed by atoms with Crippen molar-refractivity contribution in [3.8, 4) is 16.3 Å². The molecule has 28 heavy (non-hydrogen) atoms. The minimum Gasteiger partial charge on any atom is -0.497 e. The van der Waals surface area contributed by atoms with Gasteiger partial charge in [0.15, 0.2) is 6.61 Å². The Hall–Kier alpha value is -2.41. The molecular weight excluding hydrogens is 376 g/mol. The van der Waals surface area contributed by atoms with Crippen molar-refractivity contribution in [3.05, 3.63) is 35.3 Å². The Bertz CT molecular complexity index is 803. The van der Waals surface area contributed by atoms with Crippen LogP contribution < -0.4 is 10.1 Å². The summed E-state index contributed by atoms with van der Waals surface area (Å²) in [6.45, 7) is 1.91. The fourth-order valence-electron chi connectivity index (χ4n) is 3.38. The number of carbonyl (C=O) groups excluding carboxylic acids is 2. The van der Waals surface area contributed by atoms with Gasteiger partial charge >= 0.3 is 5.97 Å². The standard InChI is InChI=1S/C21H26N2O4S/c1-14-5-3-4-6-18(14)23-19(24)12-27-20(25)11-16-13-28-21(22-16)15-7-9-17(26-2)10-8-15/h7-10,13-14,18H,3-6,11-12H2,1-2H3,(H,23,24)/t14-,18+/m0/s1. The van der Waals surface area contributed by atoms with Crippen molar-refractivity contribution in [3.63, 3.8) is 0 Å². The maximum atomic E-state index is 12.0. The molecule has 1 heterocycles.